The molecule has 1 aliphatic heterocycles. The van der Waals surface area contributed by atoms with E-state index in [0.29, 0.717) is 5.41 Å². The van der Waals surface area contributed by atoms with E-state index in [1.54, 1.807) is 0 Å². The molecule has 1 aliphatic carbocycles. The van der Waals surface area contributed by atoms with E-state index in [4.69, 9.17) is 10.5 Å². The van der Waals surface area contributed by atoms with E-state index < -0.39 is 0 Å². The van der Waals surface area contributed by atoms with Crippen LogP contribution in [-0.4, -0.2) is 43.7 Å². The molecule has 1 heterocycles. The number of esters is 1. The van der Waals surface area contributed by atoms with Crippen LogP contribution in [0.4, 0.5) is 0 Å². The molecular formula is C13H24N2O2. The molecule has 1 saturated carbocycles. The van der Waals surface area contributed by atoms with Gasteiger partial charge in [-0.15, -0.1) is 0 Å². The molecule has 17 heavy (non-hydrogen) atoms. The lowest BCUT2D eigenvalue weighted by Crippen LogP contribution is -2.47. The third-order valence-corrected chi connectivity index (χ3v) is 4.26. The van der Waals surface area contributed by atoms with E-state index in [0.717, 1.165) is 38.9 Å². The second kappa shape index (κ2) is 5.36. The highest BCUT2D eigenvalue weighted by Crippen LogP contribution is 2.49. The van der Waals surface area contributed by atoms with Crippen LogP contribution in [0.2, 0.25) is 0 Å². The van der Waals surface area contributed by atoms with Crippen LogP contribution in [0.25, 0.3) is 0 Å². The lowest BCUT2D eigenvalue weighted by molar-refractivity contribution is -0.148. The Bertz CT molecular complexity index is 277. The molecule has 0 aromatic carbocycles. The number of nitrogens with two attached hydrogens (primary N) is 1. The molecule has 2 fully saturated rings. The largest absolute Gasteiger partial charge is 0.468 e. The van der Waals surface area contributed by atoms with Gasteiger partial charge in [0.25, 0.3) is 0 Å². The summed E-state index contributed by atoms with van der Waals surface area (Å²) in [6.07, 6.45) is 6.93. The Labute approximate surface area is 103 Å². The van der Waals surface area contributed by atoms with Crippen molar-refractivity contribution >= 4 is 5.97 Å². The highest BCUT2D eigenvalue weighted by Gasteiger charge is 2.45. The Balaban J connectivity index is 1.94. The van der Waals surface area contributed by atoms with E-state index in [1.165, 1.54) is 26.4 Å². The molecule has 1 unspecified atom stereocenters. The van der Waals surface area contributed by atoms with Gasteiger partial charge in [-0.25, -0.2) is 0 Å². The SMILES string of the molecule is COC(=O)C1CCCCN1CC1(CCN)CC1. The van der Waals surface area contributed by atoms with Gasteiger partial charge >= 0.3 is 5.97 Å². The van der Waals surface area contributed by atoms with E-state index in [2.05, 4.69) is 4.90 Å². The van der Waals surface area contributed by atoms with Gasteiger partial charge in [-0.2, -0.15) is 0 Å². The molecule has 1 saturated heterocycles. The number of likely N-dealkylation sites (tertiary alicyclic amines) is 1. The highest BCUT2D eigenvalue weighted by atomic mass is 16.5. The van der Waals surface area contributed by atoms with E-state index in [-0.39, 0.29) is 12.0 Å². The van der Waals surface area contributed by atoms with Crippen molar-refractivity contribution < 1.29 is 9.53 Å². The summed E-state index contributed by atoms with van der Waals surface area (Å²) in [5.74, 6) is -0.0618. The van der Waals surface area contributed by atoms with Gasteiger partial charge in [0.2, 0.25) is 0 Å². The second-order valence-corrected chi connectivity index (χ2v) is 5.54. The normalized spacial score (nSPS) is 27.8. The maximum Gasteiger partial charge on any atom is 0.323 e. The lowest BCUT2D eigenvalue weighted by atomic mass is 9.96. The molecule has 98 valence electrons. The van der Waals surface area contributed by atoms with Crippen molar-refractivity contribution in [3.05, 3.63) is 0 Å². The van der Waals surface area contributed by atoms with Crippen LogP contribution < -0.4 is 5.73 Å². The predicted molar refractivity (Wildman–Crippen MR) is 66.6 cm³/mol. The second-order valence-electron chi connectivity index (χ2n) is 5.54. The van der Waals surface area contributed by atoms with Crippen LogP contribution >= 0.6 is 0 Å². The van der Waals surface area contributed by atoms with Gasteiger partial charge < -0.3 is 10.5 Å². The number of methoxy groups -OCH3 is 1. The van der Waals surface area contributed by atoms with Crippen molar-refractivity contribution in [2.24, 2.45) is 11.1 Å². The number of hydrogen-bond acceptors (Lipinski definition) is 4. The zero-order chi connectivity index (χ0) is 12.3. The Hall–Kier alpha value is -0.610. The topological polar surface area (TPSA) is 55.6 Å². The maximum absolute atomic E-state index is 11.8. The first-order valence-electron chi connectivity index (χ1n) is 6.73. The average molecular weight is 240 g/mol. The summed E-state index contributed by atoms with van der Waals surface area (Å²) in [6, 6.07) is -0.0102. The molecule has 2 aliphatic rings. The van der Waals surface area contributed by atoms with Crippen LogP contribution in [0.3, 0.4) is 0 Å². The number of carbonyl (C=O) groups is 1. The maximum atomic E-state index is 11.8. The lowest BCUT2D eigenvalue weighted by Gasteiger charge is -2.36. The van der Waals surface area contributed by atoms with Crippen LogP contribution in [-0.2, 0) is 9.53 Å². The third-order valence-electron chi connectivity index (χ3n) is 4.26. The number of hydrogen-bond donors (Lipinski definition) is 1. The van der Waals surface area contributed by atoms with E-state index in [1.807, 2.05) is 0 Å². The minimum absolute atomic E-state index is 0.0102. The summed E-state index contributed by atoms with van der Waals surface area (Å²) in [5.41, 5.74) is 6.09. The molecule has 0 amide bonds. The Kier molecular flexibility index (Phi) is 4.05. The van der Waals surface area contributed by atoms with Crippen molar-refractivity contribution in [3.8, 4) is 0 Å². The van der Waals surface area contributed by atoms with Gasteiger partial charge in [0.1, 0.15) is 6.04 Å². The molecular weight excluding hydrogens is 216 g/mol. The third kappa shape index (κ3) is 2.99. The van der Waals surface area contributed by atoms with Crippen LogP contribution in [0, 0.1) is 5.41 Å². The summed E-state index contributed by atoms with van der Waals surface area (Å²) >= 11 is 0. The van der Waals surface area contributed by atoms with Crippen LogP contribution in [0.1, 0.15) is 38.5 Å². The molecule has 0 aromatic rings. The highest BCUT2D eigenvalue weighted by molar-refractivity contribution is 5.75. The molecule has 2 N–H and O–H groups in total. The minimum Gasteiger partial charge on any atom is -0.468 e. The standard InChI is InChI=1S/C13H24N2O2/c1-17-12(16)11-4-2-3-9-15(11)10-13(5-6-13)7-8-14/h11H,2-10,14H2,1H3. The van der Waals surface area contributed by atoms with Gasteiger partial charge in [-0.1, -0.05) is 6.42 Å². The number of rotatable bonds is 5. The van der Waals surface area contributed by atoms with Crippen molar-refractivity contribution in [1.82, 2.24) is 4.90 Å². The Morgan fingerprint density at radius 2 is 2.24 bits per heavy atom. The molecule has 0 radical (unpaired) electrons. The number of ether oxygens (including phenoxy) is 1. The Morgan fingerprint density at radius 3 is 2.82 bits per heavy atom. The zero-order valence-corrected chi connectivity index (χ0v) is 10.8. The predicted octanol–water partition coefficient (Wildman–Crippen LogP) is 1.14. The smallest absolute Gasteiger partial charge is 0.323 e. The molecule has 0 bridgehead atoms. The molecule has 0 spiro atoms. The molecule has 2 rings (SSSR count). The van der Waals surface area contributed by atoms with Gasteiger partial charge in [-0.3, -0.25) is 9.69 Å². The zero-order valence-electron chi connectivity index (χ0n) is 10.8. The number of piperidine rings is 1. The van der Waals surface area contributed by atoms with Crippen molar-refractivity contribution in [2.75, 3.05) is 26.7 Å². The van der Waals surface area contributed by atoms with E-state index >= 15 is 0 Å². The fraction of sp³-hybridized carbons (Fsp3) is 0.923. The van der Waals surface area contributed by atoms with Gasteiger partial charge in [0, 0.05) is 6.54 Å². The van der Waals surface area contributed by atoms with Crippen molar-refractivity contribution in [1.29, 1.82) is 0 Å². The molecule has 4 heteroatoms. The fourth-order valence-electron chi connectivity index (χ4n) is 2.98. The van der Waals surface area contributed by atoms with Gasteiger partial charge in [-0.05, 0) is 50.6 Å². The van der Waals surface area contributed by atoms with Gasteiger partial charge in [0.05, 0.1) is 7.11 Å². The summed E-state index contributed by atoms with van der Waals surface area (Å²) in [5, 5.41) is 0. The Morgan fingerprint density at radius 1 is 1.47 bits per heavy atom. The van der Waals surface area contributed by atoms with Crippen LogP contribution in [0.15, 0.2) is 0 Å². The summed E-state index contributed by atoms with van der Waals surface area (Å²) in [4.78, 5) is 14.1. The average Bonchev–Trinajstić information content (AvgIpc) is 3.09. The van der Waals surface area contributed by atoms with Crippen molar-refractivity contribution in [3.63, 3.8) is 0 Å². The minimum atomic E-state index is -0.0618. The summed E-state index contributed by atoms with van der Waals surface area (Å²) in [7, 11) is 1.49. The fourth-order valence-corrected chi connectivity index (χ4v) is 2.98. The number of carbonyl (C=O) groups excluding carboxylic acids is 1. The van der Waals surface area contributed by atoms with Gasteiger partial charge in [0.15, 0.2) is 0 Å². The summed E-state index contributed by atoms with van der Waals surface area (Å²) in [6.45, 7) is 2.83. The first-order valence-corrected chi connectivity index (χ1v) is 6.73. The summed E-state index contributed by atoms with van der Waals surface area (Å²) < 4.78 is 4.91. The quantitative estimate of drug-likeness (QED) is 0.732. The monoisotopic (exact) mass is 240 g/mol. The number of nitrogens with zero attached hydrogens (tertiary/aromatic N) is 1. The molecule has 0 aromatic heterocycles. The van der Waals surface area contributed by atoms with E-state index in [9.17, 15) is 4.79 Å². The van der Waals surface area contributed by atoms with Crippen molar-refractivity contribution in [2.45, 2.75) is 44.6 Å². The first-order chi connectivity index (χ1) is 8.21. The first kappa shape index (κ1) is 12.8. The van der Waals surface area contributed by atoms with Crippen LogP contribution in [0.5, 0.6) is 0 Å². The molecule has 4 nitrogen and oxygen atoms in total. The molecule has 1 atom stereocenters.